The van der Waals surface area contributed by atoms with Crippen LogP contribution in [-0.4, -0.2) is 53.0 Å². The van der Waals surface area contributed by atoms with E-state index >= 15 is 0 Å². The van der Waals surface area contributed by atoms with E-state index in [-0.39, 0.29) is 34.0 Å². The van der Waals surface area contributed by atoms with Crippen molar-refractivity contribution in [3.63, 3.8) is 0 Å². The number of hydrogen-bond donors (Lipinski definition) is 2. The molecule has 0 aliphatic rings. The molecule has 1 rings (SSSR count). The van der Waals surface area contributed by atoms with Crippen LogP contribution in [0, 0.1) is 0 Å². The molecular weight excluding hydrogens is 326 g/mol. The molecule has 1 aromatic carbocycles. The first-order valence-electron chi connectivity index (χ1n) is 6.87. The number of amides is 1. The maximum atomic E-state index is 12.3. The van der Waals surface area contributed by atoms with Gasteiger partial charge in [0, 0.05) is 32.2 Å². The second-order valence-electron chi connectivity index (χ2n) is 5.22. The Morgan fingerprint density at radius 1 is 1.36 bits per heavy atom. The van der Waals surface area contributed by atoms with Crippen LogP contribution in [0.2, 0.25) is 5.02 Å². The van der Waals surface area contributed by atoms with Gasteiger partial charge in [-0.05, 0) is 38.6 Å². The Morgan fingerprint density at radius 2 is 2.00 bits per heavy atom. The number of rotatable bonds is 7. The number of benzene rings is 1. The summed E-state index contributed by atoms with van der Waals surface area (Å²) < 4.78 is 27.2. The van der Waals surface area contributed by atoms with E-state index in [9.17, 15) is 13.2 Å². The fourth-order valence-corrected chi connectivity index (χ4v) is 3.30. The SMILES string of the molecule is CN[C@H](C)CCNS(=O)(=O)c1cc(C(=O)N(C)C)ccc1Cl. The Labute approximate surface area is 136 Å². The minimum absolute atomic E-state index is 0.0843. The van der Waals surface area contributed by atoms with Crippen LogP contribution in [0.1, 0.15) is 23.7 Å². The van der Waals surface area contributed by atoms with Gasteiger partial charge in [0.2, 0.25) is 10.0 Å². The fraction of sp³-hybridized carbons (Fsp3) is 0.500. The van der Waals surface area contributed by atoms with Crippen LogP contribution in [-0.2, 0) is 10.0 Å². The molecule has 0 saturated carbocycles. The minimum Gasteiger partial charge on any atom is -0.345 e. The van der Waals surface area contributed by atoms with Gasteiger partial charge < -0.3 is 10.2 Å². The highest BCUT2D eigenvalue weighted by Crippen LogP contribution is 2.23. The topological polar surface area (TPSA) is 78.5 Å². The maximum absolute atomic E-state index is 12.3. The van der Waals surface area contributed by atoms with Crippen molar-refractivity contribution in [2.24, 2.45) is 0 Å². The summed E-state index contributed by atoms with van der Waals surface area (Å²) >= 11 is 5.98. The average Bonchev–Trinajstić information content (AvgIpc) is 2.46. The summed E-state index contributed by atoms with van der Waals surface area (Å²) in [6.07, 6.45) is 0.643. The Kier molecular flexibility index (Phi) is 6.80. The van der Waals surface area contributed by atoms with Crippen molar-refractivity contribution in [3.8, 4) is 0 Å². The van der Waals surface area contributed by atoms with E-state index in [4.69, 9.17) is 11.6 Å². The molecule has 124 valence electrons. The summed E-state index contributed by atoms with van der Waals surface area (Å²) in [5.74, 6) is -0.281. The minimum atomic E-state index is -3.76. The summed E-state index contributed by atoms with van der Waals surface area (Å²) in [4.78, 5) is 13.2. The third-order valence-electron chi connectivity index (χ3n) is 3.24. The number of carbonyl (C=O) groups excluding carboxylic acids is 1. The van der Waals surface area contributed by atoms with Crippen LogP contribution >= 0.6 is 11.6 Å². The molecule has 0 aliphatic heterocycles. The summed E-state index contributed by atoms with van der Waals surface area (Å²) in [7, 11) is 1.25. The van der Waals surface area contributed by atoms with Gasteiger partial charge in [-0.2, -0.15) is 0 Å². The lowest BCUT2D eigenvalue weighted by molar-refractivity contribution is 0.0827. The van der Waals surface area contributed by atoms with Gasteiger partial charge in [0.1, 0.15) is 4.90 Å². The van der Waals surface area contributed by atoms with Crippen LogP contribution in [0.25, 0.3) is 0 Å². The molecule has 0 fully saturated rings. The zero-order valence-corrected chi connectivity index (χ0v) is 14.8. The number of halogens is 1. The van der Waals surface area contributed by atoms with Gasteiger partial charge in [-0.15, -0.1) is 0 Å². The highest BCUT2D eigenvalue weighted by molar-refractivity contribution is 7.89. The zero-order valence-electron chi connectivity index (χ0n) is 13.2. The van der Waals surface area contributed by atoms with E-state index in [0.29, 0.717) is 6.42 Å². The van der Waals surface area contributed by atoms with E-state index in [0.717, 1.165) is 0 Å². The van der Waals surface area contributed by atoms with Crippen LogP contribution in [0.15, 0.2) is 23.1 Å². The molecule has 0 saturated heterocycles. The first-order valence-corrected chi connectivity index (χ1v) is 8.73. The molecule has 0 spiro atoms. The predicted octanol–water partition coefficient (Wildman–Crippen LogP) is 1.32. The lowest BCUT2D eigenvalue weighted by Crippen LogP contribution is -2.31. The molecule has 1 aromatic rings. The van der Waals surface area contributed by atoms with E-state index in [1.807, 2.05) is 14.0 Å². The number of hydrogen-bond acceptors (Lipinski definition) is 4. The van der Waals surface area contributed by atoms with Crippen LogP contribution < -0.4 is 10.0 Å². The van der Waals surface area contributed by atoms with Crippen molar-refractivity contribution in [1.29, 1.82) is 0 Å². The Hall–Kier alpha value is -1.15. The summed E-state index contributed by atoms with van der Waals surface area (Å²) in [5, 5.41) is 3.12. The molecular formula is C14H22ClN3O3S. The molecule has 0 aliphatic carbocycles. The normalized spacial score (nSPS) is 13.0. The summed E-state index contributed by atoms with van der Waals surface area (Å²) in [5.41, 5.74) is 0.276. The molecule has 0 radical (unpaired) electrons. The van der Waals surface area contributed by atoms with Crippen LogP contribution in [0.5, 0.6) is 0 Å². The second-order valence-corrected chi connectivity index (χ2v) is 7.36. The Morgan fingerprint density at radius 3 is 2.55 bits per heavy atom. The molecule has 1 amide bonds. The zero-order chi connectivity index (χ0) is 16.9. The highest BCUT2D eigenvalue weighted by Gasteiger charge is 2.20. The molecule has 0 aromatic heterocycles. The number of sulfonamides is 1. The molecule has 0 heterocycles. The fourth-order valence-electron chi connectivity index (χ4n) is 1.73. The van der Waals surface area contributed by atoms with Gasteiger partial charge >= 0.3 is 0 Å². The van der Waals surface area contributed by atoms with Crippen LogP contribution in [0.4, 0.5) is 0 Å². The first kappa shape index (κ1) is 18.9. The molecule has 22 heavy (non-hydrogen) atoms. The molecule has 2 N–H and O–H groups in total. The van der Waals surface area contributed by atoms with Crippen molar-refractivity contribution >= 4 is 27.5 Å². The van der Waals surface area contributed by atoms with Crippen molar-refractivity contribution in [1.82, 2.24) is 14.9 Å². The smallest absolute Gasteiger partial charge is 0.253 e. The van der Waals surface area contributed by atoms with Crippen molar-refractivity contribution < 1.29 is 13.2 Å². The standard InChI is InChI=1S/C14H22ClN3O3S/c1-10(16-2)7-8-17-22(20,21)13-9-11(5-6-12(13)15)14(19)18(3)4/h5-6,9-10,16-17H,7-8H2,1-4H3/t10-/m1/s1. The number of nitrogens with one attached hydrogen (secondary N) is 2. The van der Waals surface area contributed by atoms with Gasteiger partial charge in [0.25, 0.3) is 5.91 Å². The van der Waals surface area contributed by atoms with Gasteiger partial charge in [-0.25, -0.2) is 13.1 Å². The molecule has 1 atom stereocenters. The summed E-state index contributed by atoms with van der Waals surface area (Å²) in [6, 6.07) is 4.42. The van der Waals surface area contributed by atoms with Gasteiger partial charge in [-0.3, -0.25) is 4.79 Å². The van der Waals surface area contributed by atoms with Gasteiger partial charge in [0.15, 0.2) is 0 Å². The highest BCUT2D eigenvalue weighted by atomic mass is 35.5. The van der Waals surface area contributed by atoms with E-state index < -0.39 is 10.0 Å². The Bertz CT molecular complexity index is 632. The molecule has 0 bridgehead atoms. The third kappa shape index (κ3) is 4.95. The quantitative estimate of drug-likeness (QED) is 0.779. The average molecular weight is 348 g/mol. The lowest BCUT2D eigenvalue weighted by Gasteiger charge is -2.14. The number of carbonyl (C=O) groups is 1. The largest absolute Gasteiger partial charge is 0.345 e. The molecule has 0 unspecified atom stereocenters. The monoisotopic (exact) mass is 347 g/mol. The summed E-state index contributed by atoms with van der Waals surface area (Å²) in [6.45, 7) is 2.24. The van der Waals surface area contributed by atoms with Crippen molar-refractivity contribution in [2.45, 2.75) is 24.3 Å². The second kappa shape index (κ2) is 7.92. The molecule has 6 nitrogen and oxygen atoms in total. The van der Waals surface area contributed by atoms with E-state index in [1.54, 1.807) is 14.1 Å². The van der Waals surface area contributed by atoms with Crippen LogP contribution in [0.3, 0.4) is 0 Å². The number of nitrogens with zero attached hydrogens (tertiary/aromatic N) is 1. The van der Waals surface area contributed by atoms with Gasteiger partial charge in [0.05, 0.1) is 5.02 Å². The first-order chi connectivity index (χ1) is 10.2. The molecule has 8 heteroatoms. The maximum Gasteiger partial charge on any atom is 0.253 e. The Balaban J connectivity index is 2.98. The third-order valence-corrected chi connectivity index (χ3v) is 5.18. The van der Waals surface area contributed by atoms with Gasteiger partial charge in [-0.1, -0.05) is 11.6 Å². The van der Waals surface area contributed by atoms with E-state index in [1.165, 1.54) is 23.1 Å². The van der Waals surface area contributed by atoms with Crippen molar-refractivity contribution in [2.75, 3.05) is 27.7 Å². The predicted molar refractivity (Wildman–Crippen MR) is 87.8 cm³/mol. The van der Waals surface area contributed by atoms with Crippen molar-refractivity contribution in [3.05, 3.63) is 28.8 Å². The lowest BCUT2D eigenvalue weighted by atomic mass is 10.2. The van der Waals surface area contributed by atoms with E-state index in [2.05, 4.69) is 10.0 Å².